The van der Waals surface area contributed by atoms with Crippen LogP contribution in [0, 0.1) is 5.41 Å². The van der Waals surface area contributed by atoms with Gasteiger partial charge in [0.15, 0.2) is 5.89 Å². The molecule has 1 rings (SSSR count). The van der Waals surface area contributed by atoms with Crippen molar-refractivity contribution in [2.45, 2.75) is 27.2 Å². The number of hydrogen-bond acceptors (Lipinski definition) is 2. The number of rotatable bonds is 1. The average molecular weight is 139 g/mol. The van der Waals surface area contributed by atoms with E-state index < -0.39 is 0 Å². The Hall–Kier alpha value is -0.790. The van der Waals surface area contributed by atoms with Crippen LogP contribution in [0.25, 0.3) is 0 Å². The molecule has 0 radical (unpaired) electrons. The van der Waals surface area contributed by atoms with Crippen molar-refractivity contribution in [2.75, 3.05) is 0 Å². The van der Waals surface area contributed by atoms with Crippen molar-refractivity contribution in [3.8, 4) is 0 Å². The standard InChI is InChI=1S/C8H13NO/c1-8(2,3)6-7-9-4-5-10-7/h4-5H,6H2,1-3H3. The van der Waals surface area contributed by atoms with Crippen molar-refractivity contribution in [1.29, 1.82) is 0 Å². The van der Waals surface area contributed by atoms with Gasteiger partial charge in [-0.1, -0.05) is 20.8 Å². The van der Waals surface area contributed by atoms with Crippen molar-refractivity contribution in [2.24, 2.45) is 5.41 Å². The first-order valence-electron chi connectivity index (χ1n) is 3.46. The fourth-order valence-corrected chi connectivity index (χ4v) is 0.794. The quantitative estimate of drug-likeness (QED) is 0.596. The van der Waals surface area contributed by atoms with Crippen molar-refractivity contribution in [3.63, 3.8) is 0 Å². The molecular formula is C8H13NO. The van der Waals surface area contributed by atoms with Crippen molar-refractivity contribution < 1.29 is 4.42 Å². The highest BCUT2D eigenvalue weighted by Gasteiger charge is 2.13. The SMILES string of the molecule is CC(C)(C)Cc1ncco1. The van der Waals surface area contributed by atoms with E-state index in [0.717, 1.165) is 12.3 Å². The molecule has 0 atom stereocenters. The van der Waals surface area contributed by atoms with E-state index in [1.54, 1.807) is 12.5 Å². The predicted molar refractivity (Wildman–Crippen MR) is 39.7 cm³/mol. The third-order valence-electron chi connectivity index (χ3n) is 1.17. The van der Waals surface area contributed by atoms with Crippen LogP contribution in [0.2, 0.25) is 0 Å². The molecule has 2 heteroatoms. The molecule has 0 aliphatic heterocycles. The summed E-state index contributed by atoms with van der Waals surface area (Å²) >= 11 is 0. The van der Waals surface area contributed by atoms with E-state index in [2.05, 4.69) is 25.8 Å². The second-order valence-corrected chi connectivity index (χ2v) is 3.66. The van der Waals surface area contributed by atoms with Gasteiger partial charge >= 0.3 is 0 Å². The Kier molecular flexibility index (Phi) is 1.79. The third kappa shape index (κ3) is 2.21. The summed E-state index contributed by atoms with van der Waals surface area (Å²) < 4.78 is 5.10. The Morgan fingerprint density at radius 2 is 2.20 bits per heavy atom. The highest BCUT2D eigenvalue weighted by molar-refractivity contribution is 4.84. The first kappa shape index (κ1) is 7.32. The van der Waals surface area contributed by atoms with Crippen LogP contribution >= 0.6 is 0 Å². The van der Waals surface area contributed by atoms with Crippen molar-refractivity contribution in [1.82, 2.24) is 4.98 Å². The van der Waals surface area contributed by atoms with Gasteiger partial charge in [0, 0.05) is 6.42 Å². The maximum absolute atomic E-state index is 5.10. The zero-order valence-corrected chi connectivity index (χ0v) is 6.72. The smallest absolute Gasteiger partial charge is 0.194 e. The fraction of sp³-hybridized carbons (Fsp3) is 0.625. The first-order valence-corrected chi connectivity index (χ1v) is 3.46. The van der Waals surface area contributed by atoms with Crippen LogP contribution in [0.15, 0.2) is 16.9 Å². The van der Waals surface area contributed by atoms with Gasteiger partial charge in [0.2, 0.25) is 0 Å². The largest absolute Gasteiger partial charge is 0.449 e. The highest BCUT2D eigenvalue weighted by Crippen LogP contribution is 2.18. The molecule has 0 aromatic carbocycles. The molecule has 0 aliphatic rings. The van der Waals surface area contributed by atoms with Gasteiger partial charge in [-0.05, 0) is 5.41 Å². The number of nitrogens with zero attached hydrogens (tertiary/aromatic N) is 1. The Bertz CT molecular complexity index is 184. The van der Waals surface area contributed by atoms with Crippen LogP contribution in [-0.4, -0.2) is 4.98 Å². The Morgan fingerprint density at radius 3 is 2.60 bits per heavy atom. The molecule has 0 amide bonds. The van der Waals surface area contributed by atoms with E-state index in [-0.39, 0.29) is 5.41 Å². The molecule has 0 aliphatic carbocycles. The van der Waals surface area contributed by atoms with Gasteiger partial charge in [0.25, 0.3) is 0 Å². The van der Waals surface area contributed by atoms with Gasteiger partial charge in [0.1, 0.15) is 6.26 Å². The predicted octanol–water partition coefficient (Wildman–Crippen LogP) is 2.26. The van der Waals surface area contributed by atoms with Crippen LogP contribution in [0.1, 0.15) is 26.7 Å². The van der Waals surface area contributed by atoms with Crippen LogP contribution < -0.4 is 0 Å². The van der Waals surface area contributed by atoms with E-state index in [1.807, 2.05) is 0 Å². The minimum Gasteiger partial charge on any atom is -0.449 e. The van der Waals surface area contributed by atoms with Gasteiger partial charge < -0.3 is 4.42 Å². The molecule has 1 aromatic rings. The maximum Gasteiger partial charge on any atom is 0.194 e. The molecule has 0 N–H and O–H groups in total. The van der Waals surface area contributed by atoms with Crippen LogP contribution in [0.4, 0.5) is 0 Å². The highest BCUT2D eigenvalue weighted by atomic mass is 16.3. The second-order valence-electron chi connectivity index (χ2n) is 3.66. The summed E-state index contributed by atoms with van der Waals surface area (Å²) in [6.45, 7) is 6.49. The summed E-state index contributed by atoms with van der Waals surface area (Å²) in [6, 6.07) is 0. The molecule has 0 unspecified atom stereocenters. The summed E-state index contributed by atoms with van der Waals surface area (Å²) in [5.41, 5.74) is 0.269. The molecule has 0 saturated heterocycles. The van der Waals surface area contributed by atoms with Gasteiger partial charge in [-0.15, -0.1) is 0 Å². The number of aromatic nitrogens is 1. The average Bonchev–Trinajstić information content (AvgIpc) is 2.12. The van der Waals surface area contributed by atoms with E-state index in [0.29, 0.717) is 0 Å². The molecule has 0 spiro atoms. The van der Waals surface area contributed by atoms with Crippen molar-refractivity contribution in [3.05, 3.63) is 18.4 Å². The zero-order valence-electron chi connectivity index (χ0n) is 6.72. The first-order chi connectivity index (χ1) is 4.58. The Labute approximate surface area is 61.3 Å². The Balaban J connectivity index is 2.57. The zero-order chi connectivity index (χ0) is 7.61. The van der Waals surface area contributed by atoms with Crippen LogP contribution in [-0.2, 0) is 6.42 Å². The Morgan fingerprint density at radius 1 is 1.50 bits per heavy atom. The summed E-state index contributed by atoms with van der Waals surface area (Å²) in [5, 5.41) is 0. The van der Waals surface area contributed by atoms with E-state index in [9.17, 15) is 0 Å². The molecule has 1 heterocycles. The normalized spacial score (nSPS) is 11.9. The minimum atomic E-state index is 0.269. The molecule has 0 fully saturated rings. The molecular weight excluding hydrogens is 126 g/mol. The van der Waals surface area contributed by atoms with Gasteiger partial charge in [-0.2, -0.15) is 0 Å². The minimum absolute atomic E-state index is 0.269. The number of oxazole rings is 1. The lowest BCUT2D eigenvalue weighted by molar-refractivity contribution is 0.354. The molecule has 2 nitrogen and oxygen atoms in total. The maximum atomic E-state index is 5.10. The molecule has 56 valence electrons. The van der Waals surface area contributed by atoms with E-state index >= 15 is 0 Å². The van der Waals surface area contributed by atoms with Gasteiger partial charge in [0.05, 0.1) is 6.20 Å². The lowest BCUT2D eigenvalue weighted by Gasteiger charge is -2.14. The van der Waals surface area contributed by atoms with E-state index in [4.69, 9.17) is 4.42 Å². The van der Waals surface area contributed by atoms with Gasteiger partial charge in [-0.25, -0.2) is 4.98 Å². The van der Waals surface area contributed by atoms with Crippen LogP contribution in [0.5, 0.6) is 0 Å². The van der Waals surface area contributed by atoms with Crippen molar-refractivity contribution >= 4 is 0 Å². The summed E-state index contributed by atoms with van der Waals surface area (Å²) in [5.74, 6) is 0.826. The van der Waals surface area contributed by atoms with E-state index in [1.165, 1.54) is 0 Å². The van der Waals surface area contributed by atoms with Gasteiger partial charge in [-0.3, -0.25) is 0 Å². The molecule has 1 aromatic heterocycles. The monoisotopic (exact) mass is 139 g/mol. The lowest BCUT2D eigenvalue weighted by Crippen LogP contribution is -2.08. The summed E-state index contributed by atoms with van der Waals surface area (Å²) in [6.07, 6.45) is 4.20. The number of hydrogen-bond donors (Lipinski definition) is 0. The lowest BCUT2D eigenvalue weighted by atomic mass is 9.92. The van der Waals surface area contributed by atoms with Crippen LogP contribution in [0.3, 0.4) is 0 Å². The third-order valence-corrected chi connectivity index (χ3v) is 1.17. The second kappa shape index (κ2) is 2.45. The molecule has 0 saturated carbocycles. The molecule has 10 heavy (non-hydrogen) atoms. The molecule has 0 bridgehead atoms. The summed E-state index contributed by atoms with van der Waals surface area (Å²) in [7, 11) is 0. The fourth-order valence-electron chi connectivity index (χ4n) is 0.794. The summed E-state index contributed by atoms with van der Waals surface area (Å²) in [4.78, 5) is 4.03. The topological polar surface area (TPSA) is 26.0 Å².